The highest BCUT2D eigenvalue weighted by Gasteiger charge is 2.18. The van der Waals surface area contributed by atoms with Gasteiger partial charge in [-0.1, -0.05) is 61.5 Å². The molecule has 138 valence electrons. The molecule has 0 saturated heterocycles. The molecule has 4 heteroatoms. The van der Waals surface area contributed by atoms with E-state index in [2.05, 4.69) is 36.5 Å². The van der Waals surface area contributed by atoms with E-state index in [-0.39, 0.29) is 18.2 Å². The standard InChI is InChI=1S/C22H28N2O2/c1-4-18-10-12-20(13-11-18)15-24(3)16-22(26)23-21(17(2)25)14-19-8-6-5-7-9-19/h5-13,21H,4,14-16H2,1-3H3,(H,23,26)/t21-/m1/s1. The minimum Gasteiger partial charge on any atom is -0.345 e. The summed E-state index contributed by atoms with van der Waals surface area (Å²) in [5.74, 6) is -0.159. The normalized spacial score (nSPS) is 12.0. The Hall–Kier alpha value is -2.46. The molecule has 2 rings (SSSR count). The summed E-state index contributed by atoms with van der Waals surface area (Å²) in [6.45, 7) is 4.61. The Morgan fingerprint density at radius 2 is 1.58 bits per heavy atom. The van der Waals surface area contributed by atoms with Gasteiger partial charge < -0.3 is 5.32 Å². The lowest BCUT2D eigenvalue weighted by Gasteiger charge is -2.20. The van der Waals surface area contributed by atoms with E-state index < -0.39 is 6.04 Å². The average molecular weight is 352 g/mol. The molecule has 4 nitrogen and oxygen atoms in total. The summed E-state index contributed by atoms with van der Waals surface area (Å²) in [5, 5.41) is 2.87. The Morgan fingerprint density at radius 3 is 2.15 bits per heavy atom. The van der Waals surface area contributed by atoms with Crippen molar-refractivity contribution >= 4 is 11.7 Å². The van der Waals surface area contributed by atoms with Crippen LogP contribution in [0, 0.1) is 0 Å². The maximum atomic E-state index is 12.3. The van der Waals surface area contributed by atoms with Gasteiger partial charge in [-0.2, -0.15) is 0 Å². The van der Waals surface area contributed by atoms with Crippen LogP contribution in [0.5, 0.6) is 0 Å². The second-order valence-corrected chi connectivity index (χ2v) is 6.76. The second kappa shape index (κ2) is 9.88. The number of rotatable bonds is 9. The van der Waals surface area contributed by atoms with Gasteiger partial charge in [0, 0.05) is 6.54 Å². The number of carbonyl (C=O) groups is 2. The molecule has 26 heavy (non-hydrogen) atoms. The molecule has 0 fully saturated rings. The fourth-order valence-electron chi connectivity index (χ4n) is 2.88. The van der Waals surface area contributed by atoms with Crippen molar-refractivity contribution in [2.75, 3.05) is 13.6 Å². The topological polar surface area (TPSA) is 49.4 Å². The number of benzene rings is 2. The quantitative estimate of drug-likeness (QED) is 0.755. The summed E-state index contributed by atoms with van der Waals surface area (Å²) < 4.78 is 0. The number of nitrogens with one attached hydrogen (secondary N) is 1. The lowest BCUT2D eigenvalue weighted by Crippen LogP contribution is -2.45. The van der Waals surface area contributed by atoms with Crippen molar-refractivity contribution < 1.29 is 9.59 Å². The molecular weight excluding hydrogens is 324 g/mol. The third kappa shape index (κ3) is 6.45. The minimum atomic E-state index is -0.484. The minimum absolute atomic E-state index is 0.0278. The van der Waals surface area contributed by atoms with Crippen LogP contribution in [0.15, 0.2) is 54.6 Å². The van der Waals surface area contributed by atoms with Crippen LogP contribution in [0.1, 0.15) is 30.5 Å². The van der Waals surface area contributed by atoms with Gasteiger partial charge in [0.25, 0.3) is 0 Å². The summed E-state index contributed by atoms with van der Waals surface area (Å²) in [4.78, 5) is 26.2. The van der Waals surface area contributed by atoms with Crippen molar-refractivity contribution in [2.24, 2.45) is 0 Å². The molecule has 0 saturated carbocycles. The highest BCUT2D eigenvalue weighted by atomic mass is 16.2. The Balaban J connectivity index is 1.87. The van der Waals surface area contributed by atoms with Gasteiger partial charge in [-0.3, -0.25) is 14.5 Å². The van der Waals surface area contributed by atoms with E-state index in [0.717, 1.165) is 12.0 Å². The first-order valence-corrected chi connectivity index (χ1v) is 9.08. The number of amides is 1. The largest absolute Gasteiger partial charge is 0.345 e. The third-order valence-electron chi connectivity index (χ3n) is 4.41. The van der Waals surface area contributed by atoms with Crippen LogP contribution >= 0.6 is 0 Å². The molecule has 2 aromatic rings. The number of hydrogen-bond acceptors (Lipinski definition) is 3. The van der Waals surface area contributed by atoms with Gasteiger partial charge in [-0.25, -0.2) is 0 Å². The Morgan fingerprint density at radius 1 is 0.962 bits per heavy atom. The first kappa shape index (κ1) is 19.9. The number of hydrogen-bond donors (Lipinski definition) is 1. The van der Waals surface area contributed by atoms with Crippen molar-refractivity contribution in [3.05, 3.63) is 71.3 Å². The van der Waals surface area contributed by atoms with E-state index in [9.17, 15) is 9.59 Å². The number of ketones is 1. The number of likely N-dealkylation sites (N-methyl/N-ethyl adjacent to an activating group) is 1. The number of aryl methyl sites for hydroxylation is 1. The van der Waals surface area contributed by atoms with Gasteiger partial charge in [0.15, 0.2) is 5.78 Å². The molecule has 1 amide bonds. The predicted octanol–water partition coefficient (Wildman–Crippen LogP) is 3.00. The van der Waals surface area contributed by atoms with E-state index in [4.69, 9.17) is 0 Å². The predicted molar refractivity (Wildman–Crippen MR) is 105 cm³/mol. The number of Topliss-reactive ketones (excluding diaryl/α,β-unsaturated/α-hetero) is 1. The van der Waals surface area contributed by atoms with Crippen molar-refractivity contribution in [3.8, 4) is 0 Å². The summed E-state index contributed by atoms with van der Waals surface area (Å²) in [5.41, 5.74) is 3.52. The molecule has 0 aliphatic rings. The highest BCUT2D eigenvalue weighted by Crippen LogP contribution is 2.08. The highest BCUT2D eigenvalue weighted by molar-refractivity contribution is 5.88. The smallest absolute Gasteiger partial charge is 0.234 e. The summed E-state index contributed by atoms with van der Waals surface area (Å²) in [7, 11) is 1.91. The molecule has 0 spiro atoms. The molecular formula is C22H28N2O2. The van der Waals surface area contributed by atoms with Crippen LogP contribution in [0.2, 0.25) is 0 Å². The van der Waals surface area contributed by atoms with Crippen LogP contribution in [0.4, 0.5) is 0 Å². The van der Waals surface area contributed by atoms with Crippen molar-refractivity contribution in [1.82, 2.24) is 10.2 Å². The summed E-state index contributed by atoms with van der Waals surface area (Å²) in [6.07, 6.45) is 1.54. The molecule has 0 heterocycles. The van der Waals surface area contributed by atoms with E-state index in [1.807, 2.05) is 42.3 Å². The van der Waals surface area contributed by atoms with E-state index >= 15 is 0 Å². The van der Waals surface area contributed by atoms with Gasteiger partial charge >= 0.3 is 0 Å². The number of carbonyl (C=O) groups excluding carboxylic acids is 2. The molecule has 0 unspecified atom stereocenters. The zero-order valence-corrected chi connectivity index (χ0v) is 15.9. The van der Waals surface area contributed by atoms with Gasteiger partial charge in [0.2, 0.25) is 5.91 Å². The maximum absolute atomic E-state index is 12.3. The van der Waals surface area contributed by atoms with E-state index in [1.54, 1.807) is 0 Å². The van der Waals surface area contributed by atoms with E-state index in [1.165, 1.54) is 18.1 Å². The first-order valence-electron chi connectivity index (χ1n) is 9.08. The third-order valence-corrected chi connectivity index (χ3v) is 4.41. The van der Waals surface area contributed by atoms with Crippen LogP contribution in [0.3, 0.4) is 0 Å². The zero-order valence-electron chi connectivity index (χ0n) is 15.9. The SMILES string of the molecule is CCc1ccc(CN(C)CC(=O)N[C@H](Cc2ccccc2)C(C)=O)cc1. The fourth-order valence-corrected chi connectivity index (χ4v) is 2.88. The first-order chi connectivity index (χ1) is 12.5. The lowest BCUT2D eigenvalue weighted by atomic mass is 10.0. The molecule has 1 N–H and O–H groups in total. The molecule has 0 radical (unpaired) electrons. The Kier molecular flexibility index (Phi) is 7.54. The van der Waals surface area contributed by atoms with Crippen molar-refractivity contribution in [3.63, 3.8) is 0 Å². The molecule has 2 aromatic carbocycles. The van der Waals surface area contributed by atoms with Crippen LogP contribution in [-0.2, 0) is 29.0 Å². The van der Waals surface area contributed by atoms with Crippen LogP contribution < -0.4 is 5.32 Å². The average Bonchev–Trinajstić information content (AvgIpc) is 2.62. The van der Waals surface area contributed by atoms with E-state index in [0.29, 0.717) is 13.0 Å². The van der Waals surface area contributed by atoms with Crippen molar-refractivity contribution in [2.45, 2.75) is 39.3 Å². The van der Waals surface area contributed by atoms with Gasteiger partial charge in [-0.05, 0) is 43.5 Å². The fraction of sp³-hybridized carbons (Fsp3) is 0.364. The lowest BCUT2D eigenvalue weighted by molar-refractivity contribution is -0.127. The van der Waals surface area contributed by atoms with Crippen LogP contribution in [0.25, 0.3) is 0 Å². The zero-order chi connectivity index (χ0) is 18.9. The summed E-state index contributed by atoms with van der Waals surface area (Å²) in [6, 6.07) is 17.7. The molecule has 1 atom stereocenters. The Bertz CT molecular complexity index is 711. The Labute approximate surface area is 156 Å². The number of nitrogens with zero attached hydrogens (tertiary/aromatic N) is 1. The molecule has 0 bridgehead atoms. The second-order valence-electron chi connectivity index (χ2n) is 6.76. The van der Waals surface area contributed by atoms with Gasteiger partial charge in [0.05, 0.1) is 12.6 Å². The summed E-state index contributed by atoms with van der Waals surface area (Å²) >= 11 is 0. The monoisotopic (exact) mass is 352 g/mol. The van der Waals surface area contributed by atoms with Gasteiger partial charge in [0.1, 0.15) is 0 Å². The molecule has 0 aliphatic heterocycles. The van der Waals surface area contributed by atoms with Crippen molar-refractivity contribution in [1.29, 1.82) is 0 Å². The van der Waals surface area contributed by atoms with Gasteiger partial charge in [-0.15, -0.1) is 0 Å². The molecule has 0 aromatic heterocycles. The maximum Gasteiger partial charge on any atom is 0.234 e. The molecule has 0 aliphatic carbocycles. The van der Waals surface area contributed by atoms with Crippen LogP contribution in [-0.4, -0.2) is 36.2 Å².